The summed E-state index contributed by atoms with van der Waals surface area (Å²) in [4.78, 5) is 11.4. The summed E-state index contributed by atoms with van der Waals surface area (Å²) in [5, 5.41) is 6.24. The summed E-state index contributed by atoms with van der Waals surface area (Å²) >= 11 is 3.03. The van der Waals surface area contributed by atoms with Crippen LogP contribution in [0.2, 0.25) is 0 Å². The molecule has 0 fully saturated rings. The van der Waals surface area contributed by atoms with Gasteiger partial charge in [-0.25, -0.2) is 8.78 Å². The molecule has 4 nitrogen and oxygen atoms in total. The zero-order valence-electron chi connectivity index (χ0n) is 9.21. The number of carbonyl (C=O) groups excluding carboxylic acids is 1. The lowest BCUT2D eigenvalue weighted by Crippen LogP contribution is -2.28. The molecule has 0 saturated heterocycles. The Bertz CT molecular complexity index is 431. The van der Waals surface area contributed by atoms with Crippen LogP contribution in [0.4, 0.5) is 8.78 Å². The van der Waals surface area contributed by atoms with Gasteiger partial charge in [0.15, 0.2) is 0 Å². The molecule has 0 aromatic carbocycles. The van der Waals surface area contributed by atoms with Gasteiger partial charge >= 0.3 is 0 Å². The standard InChI is InChI=1S/C10H12BrF2N3O/c1-3-4-14-7(17)5-16-6(2)8(11)9(15-16)10(12)13/h3,10H,1,4-5H2,2H3,(H,14,17). The summed E-state index contributed by atoms with van der Waals surface area (Å²) in [5.41, 5.74) is 0.146. The van der Waals surface area contributed by atoms with Gasteiger partial charge in [0.2, 0.25) is 5.91 Å². The van der Waals surface area contributed by atoms with E-state index in [1.807, 2.05) is 0 Å². The highest BCUT2D eigenvalue weighted by atomic mass is 79.9. The van der Waals surface area contributed by atoms with Crippen molar-refractivity contribution in [3.63, 3.8) is 0 Å². The SMILES string of the molecule is C=CCNC(=O)Cn1nc(C(F)F)c(Br)c1C. The molecule has 1 heterocycles. The molecule has 0 aliphatic heterocycles. The van der Waals surface area contributed by atoms with Crippen LogP contribution in [0.15, 0.2) is 17.1 Å². The van der Waals surface area contributed by atoms with E-state index in [1.54, 1.807) is 6.92 Å². The van der Waals surface area contributed by atoms with Crippen molar-refractivity contribution in [2.24, 2.45) is 0 Å². The summed E-state index contributed by atoms with van der Waals surface area (Å²) in [6.45, 7) is 5.31. The van der Waals surface area contributed by atoms with Gasteiger partial charge in [-0.3, -0.25) is 9.48 Å². The lowest BCUT2D eigenvalue weighted by Gasteiger charge is -2.04. The average Bonchev–Trinajstić information content (AvgIpc) is 2.55. The molecule has 1 aromatic heterocycles. The Hall–Kier alpha value is -1.24. The molecule has 0 saturated carbocycles. The van der Waals surface area contributed by atoms with Gasteiger partial charge in [0.25, 0.3) is 6.43 Å². The van der Waals surface area contributed by atoms with Crippen molar-refractivity contribution >= 4 is 21.8 Å². The number of amides is 1. The fourth-order valence-electron chi connectivity index (χ4n) is 1.22. The maximum absolute atomic E-state index is 12.5. The molecule has 94 valence electrons. The van der Waals surface area contributed by atoms with Crippen LogP contribution in [0.5, 0.6) is 0 Å². The van der Waals surface area contributed by atoms with E-state index >= 15 is 0 Å². The Morgan fingerprint density at radius 2 is 2.35 bits per heavy atom. The molecule has 0 radical (unpaired) electrons. The largest absolute Gasteiger partial charge is 0.351 e. The van der Waals surface area contributed by atoms with Crippen LogP contribution in [-0.2, 0) is 11.3 Å². The average molecular weight is 308 g/mol. The summed E-state index contributed by atoms with van der Waals surface area (Å²) in [6, 6.07) is 0. The predicted octanol–water partition coefficient (Wildman–Crippen LogP) is 2.19. The smallest absolute Gasteiger partial charge is 0.283 e. The van der Waals surface area contributed by atoms with Crippen LogP contribution in [0, 0.1) is 6.92 Å². The summed E-state index contributed by atoms with van der Waals surface area (Å²) < 4.78 is 26.6. The van der Waals surface area contributed by atoms with Gasteiger partial charge in [0, 0.05) is 6.54 Å². The van der Waals surface area contributed by atoms with Crippen molar-refractivity contribution < 1.29 is 13.6 Å². The van der Waals surface area contributed by atoms with E-state index in [1.165, 1.54) is 10.8 Å². The molecular formula is C10H12BrF2N3O. The Balaban J connectivity index is 2.81. The molecule has 0 spiro atoms. The first-order chi connectivity index (χ1) is 7.97. The number of nitrogens with one attached hydrogen (secondary N) is 1. The third-order valence-corrected chi connectivity index (χ3v) is 3.08. The van der Waals surface area contributed by atoms with Crippen molar-refractivity contribution in [3.05, 3.63) is 28.5 Å². The normalized spacial score (nSPS) is 10.6. The zero-order valence-corrected chi connectivity index (χ0v) is 10.8. The second-order valence-electron chi connectivity index (χ2n) is 3.34. The highest BCUT2D eigenvalue weighted by Crippen LogP contribution is 2.28. The third kappa shape index (κ3) is 3.36. The van der Waals surface area contributed by atoms with Crippen molar-refractivity contribution in [1.82, 2.24) is 15.1 Å². The van der Waals surface area contributed by atoms with Gasteiger partial charge < -0.3 is 5.32 Å². The van der Waals surface area contributed by atoms with Gasteiger partial charge in [-0.15, -0.1) is 6.58 Å². The van der Waals surface area contributed by atoms with Crippen LogP contribution in [0.1, 0.15) is 17.8 Å². The number of nitrogens with zero attached hydrogens (tertiary/aromatic N) is 2. The van der Waals surface area contributed by atoms with Crippen molar-refractivity contribution in [1.29, 1.82) is 0 Å². The van der Waals surface area contributed by atoms with Gasteiger partial charge in [0.1, 0.15) is 12.2 Å². The molecule has 0 atom stereocenters. The number of hydrogen-bond acceptors (Lipinski definition) is 2. The zero-order chi connectivity index (χ0) is 13.0. The first-order valence-electron chi connectivity index (χ1n) is 4.86. The molecule has 7 heteroatoms. The second kappa shape index (κ2) is 5.90. The number of alkyl halides is 2. The minimum Gasteiger partial charge on any atom is -0.351 e. The fourth-order valence-corrected chi connectivity index (χ4v) is 1.68. The number of aromatic nitrogens is 2. The van der Waals surface area contributed by atoms with E-state index in [0.29, 0.717) is 12.2 Å². The highest BCUT2D eigenvalue weighted by molar-refractivity contribution is 9.10. The van der Waals surface area contributed by atoms with Crippen LogP contribution < -0.4 is 5.32 Å². The minimum absolute atomic E-state index is 0.0923. The van der Waals surface area contributed by atoms with Crippen LogP contribution >= 0.6 is 15.9 Å². The van der Waals surface area contributed by atoms with Crippen LogP contribution in [0.25, 0.3) is 0 Å². The number of halogens is 3. The molecule has 1 amide bonds. The fraction of sp³-hybridized carbons (Fsp3) is 0.400. The van der Waals surface area contributed by atoms with Gasteiger partial charge in [-0.1, -0.05) is 6.08 Å². The summed E-state index contributed by atoms with van der Waals surface area (Å²) in [7, 11) is 0. The lowest BCUT2D eigenvalue weighted by atomic mass is 10.4. The lowest BCUT2D eigenvalue weighted by molar-refractivity contribution is -0.121. The number of hydrogen-bond donors (Lipinski definition) is 1. The Morgan fingerprint density at radius 3 is 2.82 bits per heavy atom. The van der Waals surface area contributed by atoms with E-state index in [0.717, 1.165) is 0 Å². The quantitative estimate of drug-likeness (QED) is 0.848. The molecule has 0 aliphatic carbocycles. The molecule has 1 rings (SSSR count). The second-order valence-corrected chi connectivity index (χ2v) is 4.13. The van der Waals surface area contributed by atoms with Crippen LogP contribution in [-0.4, -0.2) is 22.2 Å². The monoisotopic (exact) mass is 307 g/mol. The van der Waals surface area contributed by atoms with E-state index < -0.39 is 6.43 Å². The van der Waals surface area contributed by atoms with Crippen molar-refractivity contribution in [3.8, 4) is 0 Å². The molecule has 1 N–H and O–H groups in total. The highest BCUT2D eigenvalue weighted by Gasteiger charge is 2.20. The molecule has 17 heavy (non-hydrogen) atoms. The Morgan fingerprint density at radius 1 is 1.71 bits per heavy atom. The van der Waals surface area contributed by atoms with Crippen LogP contribution in [0.3, 0.4) is 0 Å². The van der Waals surface area contributed by atoms with E-state index in [4.69, 9.17) is 0 Å². The Kier molecular flexibility index (Phi) is 4.80. The molecule has 0 bridgehead atoms. The van der Waals surface area contributed by atoms with Gasteiger partial charge in [-0.05, 0) is 22.9 Å². The third-order valence-electron chi connectivity index (χ3n) is 2.10. The van der Waals surface area contributed by atoms with E-state index in [2.05, 4.69) is 32.9 Å². The predicted molar refractivity (Wildman–Crippen MR) is 62.8 cm³/mol. The van der Waals surface area contributed by atoms with Crippen molar-refractivity contribution in [2.45, 2.75) is 19.9 Å². The first-order valence-corrected chi connectivity index (χ1v) is 5.65. The number of rotatable bonds is 5. The van der Waals surface area contributed by atoms with E-state index in [9.17, 15) is 13.6 Å². The maximum atomic E-state index is 12.5. The molecule has 0 aliphatic rings. The molecule has 1 aromatic rings. The molecule has 0 unspecified atom stereocenters. The summed E-state index contributed by atoms with van der Waals surface area (Å²) in [6.07, 6.45) is -1.13. The van der Waals surface area contributed by atoms with E-state index in [-0.39, 0.29) is 22.6 Å². The van der Waals surface area contributed by atoms with Gasteiger partial charge in [-0.2, -0.15) is 5.10 Å². The summed E-state index contributed by atoms with van der Waals surface area (Å²) in [5.74, 6) is -0.302. The number of carbonyl (C=O) groups is 1. The topological polar surface area (TPSA) is 46.9 Å². The Labute approximate surface area is 106 Å². The van der Waals surface area contributed by atoms with Crippen molar-refractivity contribution in [2.75, 3.05) is 6.54 Å². The molecular weight excluding hydrogens is 296 g/mol. The van der Waals surface area contributed by atoms with Gasteiger partial charge in [0.05, 0.1) is 10.2 Å². The minimum atomic E-state index is -2.67. The first kappa shape index (κ1) is 13.8. The maximum Gasteiger partial charge on any atom is 0.283 e.